The smallest absolute Gasteiger partial charge is 0.321 e. The Morgan fingerprint density at radius 1 is 1.40 bits per heavy atom. The molecule has 2 aromatic heterocycles. The molecule has 2 amide bonds. The molecule has 0 saturated carbocycles. The zero-order valence-electron chi connectivity index (χ0n) is 14.1. The fourth-order valence-electron chi connectivity index (χ4n) is 3.34. The van der Waals surface area contributed by atoms with Gasteiger partial charge in [-0.3, -0.25) is 9.20 Å². The van der Waals surface area contributed by atoms with E-state index in [4.69, 9.17) is 5.73 Å². The lowest BCUT2D eigenvalue weighted by atomic mass is 9.93. The van der Waals surface area contributed by atoms with Crippen LogP contribution in [0.3, 0.4) is 0 Å². The third kappa shape index (κ3) is 2.07. The second-order valence-electron chi connectivity index (χ2n) is 6.59. The molecule has 25 heavy (non-hydrogen) atoms. The number of carbonyl (C=O) groups excluding carboxylic acids is 1. The normalized spacial score (nSPS) is 18.1. The molecule has 128 valence electrons. The molecule has 1 aliphatic carbocycles. The Hall–Kier alpha value is -3.13. The Morgan fingerprint density at radius 2 is 2.16 bits per heavy atom. The Kier molecular flexibility index (Phi) is 3.04. The van der Waals surface area contributed by atoms with Gasteiger partial charge in [0.2, 0.25) is 5.65 Å². The predicted octanol–water partition coefficient (Wildman–Crippen LogP) is 1.32. The average Bonchev–Trinajstić information content (AvgIpc) is 3.10. The second kappa shape index (κ2) is 4.93. The van der Waals surface area contributed by atoms with Crippen LogP contribution in [0.4, 0.5) is 10.5 Å². The number of hydrogen-bond donors (Lipinski definition) is 3. The number of nitrogens with two attached hydrogens (primary N) is 1. The molecule has 0 fully saturated rings. The summed E-state index contributed by atoms with van der Waals surface area (Å²) in [4.78, 5) is 32.6. The van der Waals surface area contributed by atoms with Crippen molar-refractivity contribution in [1.29, 1.82) is 0 Å². The molecular formula is C17H18N6O2. The topological polar surface area (TPSA) is 109 Å². The van der Waals surface area contributed by atoms with E-state index in [0.29, 0.717) is 17.0 Å². The zero-order chi connectivity index (χ0) is 17.9. The minimum absolute atomic E-state index is 0.223. The van der Waals surface area contributed by atoms with Gasteiger partial charge in [-0.15, -0.1) is 0 Å². The number of benzene rings is 1. The van der Waals surface area contributed by atoms with Crippen LogP contribution in [0, 0.1) is 0 Å². The van der Waals surface area contributed by atoms with Gasteiger partial charge in [0.25, 0.3) is 5.56 Å². The van der Waals surface area contributed by atoms with Crippen molar-refractivity contribution in [2.45, 2.75) is 12.5 Å². The number of imidazole rings is 1. The lowest BCUT2D eigenvalue weighted by Crippen LogP contribution is -2.35. The predicted molar refractivity (Wildman–Crippen MR) is 94.6 cm³/mol. The summed E-state index contributed by atoms with van der Waals surface area (Å²) in [6.45, 7) is 1.88. The van der Waals surface area contributed by atoms with E-state index in [1.165, 1.54) is 4.90 Å². The van der Waals surface area contributed by atoms with Crippen molar-refractivity contribution in [3.63, 3.8) is 0 Å². The number of carbonyl (C=O) groups is 1. The fraction of sp³-hybridized carbons (Fsp3) is 0.235. The summed E-state index contributed by atoms with van der Waals surface area (Å²) < 4.78 is 1.73. The Morgan fingerprint density at radius 3 is 2.88 bits per heavy atom. The van der Waals surface area contributed by atoms with E-state index >= 15 is 0 Å². The maximum absolute atomic E-state index is 12.3. The van der Waals surface area contributed by atoms with Gasteiger partial charge in [0, 0.05) is 37.7 Å². The summed E-state index contributed by atoms with van der Waals surface area (Å²) in [5, 5.41) is 2.82. The van der Waals surface area contributed by atoms with Gasteiger partial charge >= 0.3 is 6.03 Å². The molecule has 4 N–H and O–H groups in total. The molecule has 1 atom stereocenters. The summed E-state index contributed by atoms with van der Waals surface area (Å²) in [5.41, 5.74) is 9.61. The zero-order valence-corrected chi connectivity index (χ0v) is 14.1. The number of nitrogens with one attached hydrogen (secondary N) is 2. The molecule has 4 rings (SSSR count). The van der Waals surface area contributed by atoms with Crippen molar-refractivity contribution < 1.29 is 4.79 Å². The number of nitrogens with zero attached hydrogens (tertiary/aromatic N) is 3. The molecule has 0 spiro atoms. The van der Waals surface area contributed by atoms with Crippen LogP contribution in [0.2, 0.25) is 0 Å². The summed E-state index contributed by atoms with van der Waals surface area (Å²) in [6, 6.07) is 5.27. The molecule has 0 saturated heterocycles. The number of amides is 2. The number of anilines is 1. The first-order chi connectivity index (χ1) is 11.8. The average molecular weight is 338 g/mol. The van der Waals surface area contributed by atoms with Crippen LogP contribution in [-0.4, -0.2) is 39.4 Å². The lowest BCUT2D eigenvalue weighted by molar-refractivity contribution is 0.230. The summed E-state index contributed by atoms with van der Waals surface area (Å²) in [7, 11) is 3.35. The molecule has 2 heterocycles. The molecular weight excluding hydrogens is 320 g/mol. The minimum atomic E-state index is -0.841. The summed E-state index contributed by atoms with van der Waals surface area (Å²) in [6.07, 6.45) is 3.31. The minimum Gasteiger partial charge on any atom is -0.331 e. The number of aromatic nitrogens is 3. The van der Waals surface area contributed by atoms with E-state index in [9.17, 15) is 9.59 Å². The molecule has 0 radical (unpaired) electrons. The van der Waals surface area contributed by atoms with Crippen LogP contribution in [0.5, 0.6) is 0 Å². The van der Waals surface area contributed by atoms with Crippen molar-refractivity contribution in [3.05, 3.63) is 52.2 Å². The second-order valence-corrected chi connectivity index (χ2v) is 6.59. The summed E-state index contributed by atoms with van der Waals surface area (Å²) in [5.74, 6) is 0. The highest BCUT2D eigenvalue weighted by molar-refractivity contribution is 5.90. The van der Waals surface area contributed by atoms with Crippen LogP contribution in [-0.2, 0) is 5.54 Å². The molecule has 0 unspecified atom stereocenters. The molecule has 1 aliphatic rings. The van der Waals surface area contributed by atoms with Crippen LogP contribution < -0.4 is 16.6 Å². The third-order valence-electron chi connectivity index (χ3n) is 4.56. The summed E-state index contributed by atoms with van der Waals surface area (Å²) >= 11 is 0. The van der Waals surface area contributed by atoms with Crippen molar-refractivity contribution in [2.24, 2.45) is 5.73 Å². The van der Waals surface area contributed by atoms with Crippen LogP contribution in [0.25, 0.3) is 16.9 Å². The number of urea groups is 1. The Labute approximate surface area is 143 Å². The largest absolute Gasteiger partial charge is 0.331 e. The number of fused-ring (bicyclic) bond motifs is 5. The fourth-order valence-corrected chi connectivity index (χ4v) is 3.34. The first-order valence-corrected chi connectivity index (χ1v) is 7.82. The van der Waals surface area contributed by atoms with E-state index in [2.05, 4.69) is 15.3 Å². The first-order valence-electron chi connectivity index (χ1n) is 7.82. The standard InChI is InChI=1S/C17H18N6O2/c1-17(18)11-8-9(20-16(25)22(2)3)4-5-10(11)12-13(17)23-7-6-19-14(23)15(24)21-12/h4-8H,18H2,1-3H3,(H,20,25)(H,21,24)/t17-/m0/s1. The lowest BCUT2D eigenvalue weighted by Gasteiger charge is -2.22. The van der Waals surface area contributed by atoms with E-state index in [1.54, 1.807) is 37.0 Å². The molecule has 0 bridgehead atoms. The van der Waals surface area contributed by atoms with Gasteiger partial charge in [-0.25, -0.2) is 9.78 Å². The van der Waals surface area contributed by atoms with Gasteiger partial charge in [0.1, 0.15) is 0 Å². The van der Waals surface area contributed by atoms with Gasteiger partial charge in [0.15, 0.2) is 0 Å². The van der Waals surface area contributed by atoms with Gasteiger partial charge in [-0.1, -0.05) is 6.07 Å². The van der Waals surface area contributed by atoms with E-state index in [-0.39, 0.29) is 11.6 Å². The highest BCUT2D eigenvalue weighted by Gasteiger charge is 2.39. The number of hydrogen-bond acceptors (Lipinski definition) is 4. The number of aromatic amines is 1. The monoisotopic (exact) mass is 338 g/mol. The van der Waals surface area contributed by atoms with Gasteiger partial charge in [-0.05, 0) is 24.6 Å². The van der Waals surface area contributed by atoms with Crippen molar-refractivity contribution in [3.8, 4) is 11.3 Å². The number of H-pyrrole nitrogens is 1. The number of rotatable bonds is 1. The van der Waals surface area contributed by atoms with Crippen LogP contribution >= 0.6 is 0 Å². The first kappa shape index (κ1) is 15.4. The highest BCUT2D eigenvalue weighted by atomic mass is 16.2. The SMILES string of the molecule is CN(C)C(=O)Nc1ccc2c(c1)[C@](C)(N)c1c-2[nH]c(=O)c2nccn12. The molecule has 8 heteroatoms. The molecule has 1 aromatic carbocycles. The maximum atomic E-state index is 12.3. The van der Waals surface area contributed by atoms with Crippen molar-refractivity contribution >= 4 is 17.4 Å². The van der Waals surface area contributed by atoms with Crippen LogP contribution in [0.1, 0.15) is 18.2 Å². The van der Waals surface area contributed by atoms with Crippen molar-refractivity contribution in [2.75, 3.05) is 19.4 Å². The van der Waals surface area contributed by atoms with Gasteiger partial charge in [0.05, 0.1) is 16.9 Å². The molecule has 0 aliphatic heterocycles. The Bertz CT molecular complexity index is 1080. The van der Waals surface area contributed by atoms with Gasteiger partial charge in [-0.2, -0.15) is 0 Å². The van der Waals surface area contributed by atoms with Crippen LogP contribution in [0.15, 0.2) is 35.4 Å². The maximum Gasteiger partial charge on any atom is 0.321 e. The van der Waals surface area contributed by atoms with Crippen molar-refractivity contribution in [1.82, 2.24) is 19.3 Å². The van der Waals surface area contributed by atoms with Gasteiger partial charge < -0.3 is 20.9 Å². The van der Waals surface area contributed by atoms with E-state index in [0.717, 1.165) is 16.8 Å². The molecule has 8 nitrogen and oxygen atoms in total. The third-order valence-corrected chi connectivity index (χ3v) is 4.56. The van der Waals surface area contributed by atoms with E-state index in [1.807, 2.05) is 19.1 Å². The quantitative estimate of drug-likeness (QED) is 0.622. The molecule has 3 aromatic rings. The highest BCUT2D eigenvalue weighted by Crippen LogP contribution is 2.45. The van der Waals surface area contributed by atoms with E-state index < -0.39 is 5.54 Å². The Balaban J connectivity index is 1.92.